The standard InChI is InChI=1S/C18H39O4P/c1-5-8-11-12-13-14-17-22-23(19)18(4,20-15-9-6-2)21-16-10-7-3/h23H,5-17H2,1-4H3. The zero-order valence-corrected chi connectivity index (χ0v) is 16.8. The van der Waals surface area contributed by atoms with E-state index in [9.17, 15) is 4.57 Å². The molecule has 0 aromatic heterocycles. The van der Waals surface area contributed by atoms with Crippen LogP contribution in [0.3, 0.4) is 0 Å². The number of hydrogen-bond donors (Lipinski definition) is 0. The van der Waals surface area contributed by atoms with E-state index in [2.05, 4.69) is 20.8 Å². The van der Waals surface area contributed by atoms with Crippen LogP contribution < -0.4 is 0 Å². The van der Waals surface area contributed by atoms with Crippen LogP contribution in [0.5, 0.6) is 0 Å². The SMILES string of the molecule is CCCCCCCCO[PH](=O)C(C)(OCCCC)OCCCC. The minimum absolute atomic E-state index is 0.536. The fourth-order valence-corrected chi connectivity index (χ4v) is 3.19. The van der Waals surface area contributed by atoms with Gasteiger partial charge in [-0.15, -0.1) is 0 Å². The summed E-state index contributed by atoms with van der Waals surface area (Å²) >= 11 is 0. The minimum atomic E-state index is -2.38. The summed E-state index contributed by atoms with van der Waals surface area (Å²) in [6.07, 6.45) is 11.1. The highest BCUT2D eigenvalue weighted by atomic mass is 31.1. The highest BCUT2D eigenvalue weighted by molar-refractivity contribution is 7.40. The quantitative estimate of drug-likeness (QED) is 0.179. The lowest BCUT2D eigenvalue weighted by atomic mass is 10.1. The Kier molecular flexibility index (Phi) is 15.7. The van der Waals surface area contributed by atoms with Gasteiger partial charge in [-0.2, -0.15) is 0 Å². The summed E-state index contributed by atoms with van der Waals surface area (Å²) in [5.74, 6) is 0. The van der Waals surface area contributed by atoms with Gasteiger partial charge in [-0.05, 0) is 26.2 Å². The minimum Gasteiger partial charge on any atom is -0.342 e. The molecule has 1 unspecified atom stereocenters. The first-order valence-electron chi connectivity index (χ1n) is 9.55. The lowest BCUT2D eigenvalue weighted by Crippen LogP contribution is -2.30. The molecular formula is C18H39O4P. The van der Waals surface area contributed by atoms with E-state index < -0.39 is 13.6 Å². The van der Waals surface area contributed by atoms with Crippen molar-refractivity contribution in [1.29, 1.82) is 0 Å². The largest absolute Gasteiger partial charge is 0.342 e. The van der Waals surface area contributed by atoms with E-state index in [-0.39, 0.29) is 0 Å². The van der Waals surface area contributed by atoms with E-state index in [4.69, 9.17) is 14.0 Å². The molecule has 0 aromatic rings. The van der Waals surface area contributed by atoms with Gasteiger partial charge in [0.2, 0.25) is 13.6 Å². The Morgan fingerprint density at radius 2 is 1.17 bits per heavy atom. The summed E-state index contributed by atoms with van der Waals surface area (Å²) in [7, 11) is -2.38. The number of ether oxygens (including phenoxy) is 2. The molecular weight excluding hydrogens is 311 g/mol. The monoisotopic (exact) mass is 350 g/mol. The van der Waals surface area contributed by atoms with Crippen LogP contribution in [-0.2, 0) is 18.6 Å². The summed E-state index contributed by atoms with van der Waals surface area (Å²) < 4.78 is 29.6. The molecule has 23 heavy (non-hydrogen) atoms. The van der Waals surface area contributed by atoms with Crippen LogP contribution in [0.4, 0.5) is 0 Å². The molecule has 0 radical (unpaired) electrons. The van der Waals surface area contributed by atoms with Crippen LogP contribution in [0, 0.1) is 0 Å². The zero-order valence-electron chi connectivity index (χ0n) is 15.8. The molecule has 140 valence electrons. The number of unbranched alkanes of at least 4 members (excludes halogenated alkanes) is 7. The maximum absolute atomic E-state index is 12.5. The van der Waals surface area contributed by atoms with Crippen molar-refractivity contribution < 1.29 is 18.6 Å². The predicted molar refractivity (Wildman–Crippen MR) is 98.5 cm³/mol. The van der Waals surface area contributed by atoms with Crippen LogP contribution >= 0.6 is 8.03 Å². The van der Waals surface area contributed by atoms with Crippen LogP contribution in [0.25, 0.3) is 0 Å². The maximum atomic E-state index is 12.5. The number of hydrogen-bond acceptors (Lipinski definition) is 4. The molecule has 0 aliphatic carbocycles. The van der Waals surface area contributed by atoms with E-state index in [1.54, 1.807) is 6.92 Å². The van der Waals surface area contributed by atoms with Crippen LogP contribution in [0.1, 0.15) is 91.9 Å². The second-order valence-corrected chi connectivity index (χ2v) is 8.03. The maximum Gasteiger partial charge on any atom is 0.249 e. The molecule has 0 fully saturated rings. The normalized spacial score (nSPS) is 13.4. The summed E-state index contributed by atoms with van der Waals surface area (Å²) in [4.78, 5) is 0. The van der Waals surface area contributed by atoms with E-state index in [0.717, 1.165) is 38.5 Å². The van der Waals surface area contributed by atoms with Crippen molar-refractivity contribution in [1.82, 2.24) is 0 Å². The molecule has 0 bridgehead atoms. The first-order chi connectivity index (χ1) is 11.1. The Balaban J connectivity index is 4.11. The third-order valence-electron chi connectivity index (χ3n) is 3.85. The Labute approximate surface area is 144 Å². The molecule has 0 amide bonds. The van der Waals surface area contributed by atoms with Crippen LogP contribution in [0.2, 0.25) is 0 Å². The Bertz CT molecular complexity index is 274. The summed E-state index contributed by atoms with van der Waals surface area (Å²) in [5.41, 5.74) is -1.07. The molecule has 0 aliphatic rings. The smallest absolute Gasteiger partial charge is 0.249 e. The number of rotatable bonds is 17. The highest BCUT2D eigenvalue weighted by Crippen LogP contribution is 2.42. The molecule has 0 N–H and O–H groups in total. The molecule has 0 saturated heterocycles. The second kappa shape index (κ2) is 15.6. The fourth-order valence-electron chi connectivity index (χ4n) is 2.16. The van der Waals surface area contributed by atoms with Gasteiger partial charge in [0, 0.05) is 0 Å². The van der Waals surface area contributed by atoms with Crippen molar-refractivity contribution in [3.8, 4) is 0 Å². The first-order valence-corrected chi connectivity index (χ1v) is 10.9. The van der Waals surface area contributed by atoms with Crippen molar-refractivity contribution >= 4 is 8.03 Å². The van der Waals surface area contributed by atoms with Crippen molar-refractivity contribution in [3.63, 3.8) is 0 Å². The topological polar surface area (TPSA) is 44.8 Å². The zero-order chi connectivity index (χ0) is 17.4. The fraction of sp³-hybridized carbons (Fsp3) is 1.00. The van der Waals surface area contributed by atoms with Crippen molar-refractivity contribution in [2.45, 2.75) is 97.4 Å². The Morgan fingerprint density at radius 3 is 1.70 bits per heavy atom. The highest BCUT2D eigenvalue weighted by Gasteiger charge is 2.34. The van der Waals surface area contributed by atoms with Gasteiger partial charge in [0.1, 0.15) is 0 Å². The first kappa shape index (κ1) is 23.1. The summed E-state index contributed by atoms with van der Waals surface area (Å²) in [5, 5.41) is 0. The van der Waals surface area contributed by atoms with Gasteiger partial charge in [-0.3, -0.25) is 4.57 Å². The van der Waals surface area contributed by atoms with Gasteiger partial charge in [-0.1, -0.05) is 65.7 Å². The van der Waals surface area contributed by atoms with E-state index in [1.807, 2.05) is 0 Å². The average Bonchev–Trinajstić information content (AvgIpc) is 2.54. The van der Waals surface area contributed by atoms with Crippen molar-refractivity contribution in [2.75, 3.05) is 19.8 Å². The van der Waals surface area contributed by atoms with Gasteiger partial charge < -0.3 is 14.0 Å². The average molecular weight is 350 g/mol. The van der Waals surface area contributed by atoms with Crippen molar-refractivity contribution in [3.05, 3.63) is 0 Å². The van der Waals surface area contributed by atoms with E-state index in [0.29, 0.717) is 19.8 Å². The molecule has 0 heterocycles. The summed E-state index contributed by atoms with van der Waals surface area (Å²) in [6, 6.07) is 0. The molecule has 0 aromatic carbocycles. The lowest BCUT2D eigenvalue weighted by Gasteiger charge is -2.29. The third-order valence-corrected chi connectivity index (χ3v) is 5.35. The van der Waals surface area contributed by atoms with E-state index >= 15 is 0 Å². The molecule has 0 spiro atoms. The summed E-state index contributed by atoms with van der Waals surface area (Å²) in [6.45, 7) is 9.86. The van der Waals surface area contributed by atoms with E-state index in [1.165, 1.54) is 25.7 Å². The predicted octanol–water partition coefficient (Wildman–Crippen LogP) is 6.15. The van der Waals surface area contributed by atoms with Crippen molar-refractivity contribution in [2.24, 2.45) is 0 Å². The molecule has 5 heteroatoms. The molecule has 1 atom stereocenters. The van der Waals surface area contributed by atoms with Gasteiger partial charge in [0.25, 0.3) is 0 Å². The molecule has 0 aliphatic heterocycles. The van der Waals surface area contributed by atoms with Gasteiger partial charge in [0.15, 0.2) is 0 Å². The van der Waals surface area contributed by atoms with Crippen LogP contribution in [0.15, 0.2) is 0 Å². The Hall–Kier alpha value is 0.110. The molecule has 0 rings (SSSR count). The second-order valence-electron chi connectivity index (χ2n) is 6.25. The third kappa shape index (κ3) is 12.2. The molecule has 0 saturated carbocycles. The Morgan fingerprint density at radius 1 is 0.696 bits per heavy atom. The molecule has 4 nitrogen and oxygen atoms in total. The van der Waals surface area contributed by atoms with Gasteiger partial charge in [0.05, 0.1) is 19.8 Å². The van der Waals surface area contributed by atoms with Gasteiger partial charge in [-0.25, -0.2) is 0 Å². The van der Waals surface area contributed by atoms with Gasteiger partial charge >= 0.3 is 0 Å². The lowest BCUT2D eigenvalue weighted by molar-refractivity contribution is -0.171. The van der Waals surface area contributed by atoms with Crippen LogP contribution in [-0.4, -0.2) is 25.3 Å².